The highest BCUT2D eigenvalue weighted by Gasteiger charge is 2.10. The number of nitrogens with zero attached hydrogens (tertiary/aromatic N) is 3. The Bertz CT molecular complexity index is 548. The first-order valence-corrected chi connectivity index (χ1v) is 6.23. The van der Waals surface area contributed by atoms with E-state index in [0.717, 1.165) is 29.8 Å². The van der Waals surface area contributed by atoms with Gasteiger partial charge in [0.25, 0.3) is 0 Å². The van der Waals surface area contributed by atoms with Crippen LogP contribution in [0.25, 0.3) is 11.0 Å². The summed E-state index contributed by atoms with van der Waals surface area (Å²) >= 11 is 0. The molecular formula is C13H17N3O2. The van der Waals surface area contributed by atoms with E-state index in [0.29, 0.717) is 12.8 Å². The van der Waals surface area contributed by atoms with Gasteiger partial charge in [0.15, 0.2) is 0 Å². The van der Waals surface area contributed by atoms with Crippen molar-refractivity contribution in [2.75, 3.05) is 0 Å². The van der Waals surface area contributed by atoms with Crippen LogP contribution in [0.5, 0.6) is 0 Å². The smallest absolute Gasteiger partial charge is 0.303 e. The van der Waals surface area contributed by atoms with Crippen molar-refractivity contribution < 1.29 is 9.90 Å². The number of carboxylic acids is 1. The fourth-order valence-electron chi connectivity index (χ4n) is 2.09. The molecule has 1 N–H and O–H groups in total. The largest absolute Gasteiger partial charge is 0.481 e. The predicted molar refractivity (Wildman–Crippen MR) is 68.4 cm³/mol. The van der Waals surface area contributed by atoms with Crippen molar-refractivity contribution in [1.29, 1.82) is 0 Å². The Morgan fingerprint density at radius 1 is 1.50 bits per heavy atom. The number of rotatable bonds is 6. The number of pyridine rings is 1. The monoisotopic (exact) mass is 247 g/mol. The average Bonchev–Trinajstić information content (AvgIpc) is 2.68. The van der Waals surface area contributed by atoms with Gasteiger partial charge in [-0.1, -0.05) is 6.92 Å². The van der Waals surface area contributed by atoms with E-state index < -0.39 is 5.97 Å². The number of fused-ring (bicyclic) bond motifs is 1. The molecule has 0 fully saturated rings. The Labute approximate surface area is 105 Å². The Balaban J connectivity index is 2.24. The maximum Gasteiger partial charge on any atom is 0.303 e. The Hall–Kier alpha value is -1.91. The van der Waals surface area contributed by atoms with Gasteiger partial charge < -0.3 is 9.67 Å². The summed E-state index contributed by atoms with van der Waals surface area (Å²) in [7, 11) is 0. The molecular weight excluding hydrogens is 230 g/mol. The summed E-state index contributed by atoms with van der Waals surface area (Å²) in [6.45, 7) is 3.02. The Kier molecular flexibility index (Phi) is 3.92. The normalized spacial score (nSPS) is 10.9. The lowest BCUT2D eigenvalue weighted by molar-refractivity contribution is -0.137. The molecule has 0 spiro atoms. The summed E-state index contributed by atoms with van der Waals surface area (Å²) in [4.78, 5) is 19.1. The van der Waals surface area contributed by atoms with Gasteiger partial charge in [-0.15, -0.1) is 0 Å². The number of imidazole rings is 1. The van der Waals surface area contributed by atoms with Crippen LogP contribution in [-0.2, 0) is 17.8 Å². The molecule has 0 amide bonds. The van der Waals surface area contributed by atoms with Crippen LogP contribution in [0.1, 0.15) is 32.0 Å². The van der Waals surface area contributed by atoms with Gasteiger partial charge in [-0.05, 0) is 18.9 Å². The van der Waals surface area contributed by atoms with Gasteiger partial charge in [-0.25, -0.2) is 4.98 Å². The Morgan fingerprint density at radius 2 is 2.33 bits per heavy atom. The molecule has 0 radical (unpaired) electrons. The zero-order valence-electron chi connectivity index (χ0n) is 10.5. The zero-order chi connectivity index (χ0) is 13.0. The molecule has 0 bridgehead atoms. The standard InChI is InChI=1S/C13H17N3O2/c1-2-8-16-11-6-7-14-9-10(11)15-12(16)4-3-5-13(17)18/h6-7,9H,2-5,8H2,1H3,(H,17,18). The molecule has 18 heavy (non-hydrogen) atoms. The molecule has 5 heteroatoms. The van der Waals surface area contributed by atoms with Crippen molar-refractivity contribution in [3.63, 3.8) is 0 Å². The molecule has 2 rings (SSSR count). The summed E-state index contributed by atoms with van der Waals surface area (Å²) < 4.78 is 2.17. The zero-order valence-corrected chi connectivity index (χ0v) is 10.5. The lowest BCUT2D eigenvalue weighted by Crippen LogP contribution is -2.05. The van der Waals surface area contributed by atoms with E-state index in [4.69, 9.17) is 5.11 Å². The van der Waals surface area contributed by atoms with E-state index in [1.807, 2.05) is 6.07 Å². The van der Waals surface area contributed by atoms with Gasteiger partial charge in [0.05, 0.1) is 11.7 Å². The molecule has 5 nitrogen and oxygen atoms in total. The van der Waals surface area contributed by atoms with Crippen molar-refractivity contribution in [2.24, 2.45) is 0 Å². The molecule has 0 atom stereocenters. The first-order chi connectivity index (χ1) is 8.72. The molecule has 0 aliphatic carbocycles. The molecule has 96 valence electrons. The predicted octanol–water partition coefficient (Wildman–Crippen LogP) is 2.25. The number of carboxylic acid groups (broad SMARTS) is 1. The van der Waals surface area contributed by atoms with Gasteiger partial charge in [-0.2, -0.15) is 0 Å². The number of hydrogen-bond donors (Lipinski definition) is 1. The average molecular weight is 247 g/mol. The lowest BCUT2D eigenvalue weighted by atomic mass is 10.2. The molecule has 2 heterocycles. The van der Waals surface area contributed by atoms with Gasteiger partial charge in [-0.3, -0.25) is 9.78 Å². The highest BCUT2D eigenvalue weighted by Crippen LogP contribution is 2.17. The van der Waals surface area contributed by atoms with Gasteiger partial charge >= 0.3 is 5.97 Å². The van der Waals surface area contributed by atoms with E-state index >= 15 is 0 Å². The molecule has 0 aliphatic heterocycles. The van der Waals surface area contributed by atoms with E-state index in [9.17, 15) is 4.79 Å². The second-order valence-corrected chi connectivity index (χ2v) is 4.29. The van der Waals surface area contributed by atoms with Crippen LogP contribution in [-0.4, -0.2) is 25.6 Å². The number of carbonyl (C=O) groups is 1. The second-order valence-electron chi connectivity index (χ2n) is 4.29. The minimum absolute atomic E-state index is 0.188. The molecule has 2 aromatic rings. The Morgan fingerprint density at radius 3 is 3.06 bits per heavy atom. The van der Waals surface area contributed by atoms with Gasteiger partial charge in [0.2, 0.25) is 0 Å². The number of aryl methyl sites for hydroxylation is 2. The van der Waals surface area contributed by atoms with Crippen LogP contribution >= 0.6 is 0 Å². The van der Waals surface area contributed by atoms with Crippen LogP contribution in [0.3, 0.4) is 0 Å². The maximum atomic E-state index is 10.5. The fourth-order valence-corrected chi connectivity index (χ4v) is 2.09. The second kappa shape index (κ2) is 5.62. The third-order valence-electron chi connectivity index (χ3n) is 2.87. The summed E-state index contributed by atoms with van der Waals surface area (Å²) in [5, 5.41) is 8.67. The first kappa shape index (κ1) is 12.5. The summed E-state index contributed by atoms with van der Waals surface area (Å²) in [5.74, 6) is 0.205. The first-order valence-electron chi connectivity index (χ1n) is 6.23. The van der Waals surface area contributed by atoms with Crippen molar-refractivity contribution in [2.45, 2.75) is 39.2 Å². The number of aliphatic carboxylic acids is 1. The minimum Gasteiger partial charge on any atom is -0.481 e. The highest BCUT2D eigenvalue weighted by atomic mass is 16.4. The molecule has 0 aromatic carbocycles. The fraction of sp³-hybridized carbons (Fsp3) is 0.462. The molecule has 0 aliphatic rings. The van der Waals surface area contributed by atoms with Gasteiger partial charge in [0.1, 0.15) is 11.3 Å². The minimum atomic E-state index is -0.755. The maximum absolute atomic E-state index is 10.5. The third-order valence-corrected chi connectivity index (χ3v) is 2.87. The number of aromatic nitrogens is 3. The van der Waals surface area contributed by atoms with E-state index in [-0.39, 0.29) is 6.42 Å². The van der Waals surface area contributed by atoms with Crippen molar-refractivity contribution in [3.05, 3.63) is 24.3 Å². The quantitative estimate of drug-likeness (QED) is 0.850. The third kappa shape index (κ3) is 2.67. The number of hydrogen-bond acceptors (Lipinski definition) is 3. The molecule has 0 saturated heterocycles. The molecule has 2 aromatic heterocycles. The van der Waals surface area contributed by atoms with Gasteiger partial charge in [0, 0.05) is 25.6 Å². The summed E-state index contributed by atoms with van der Waals surface area (Å²) in [6.07, 6.45) is 6.05. The van der Waals surface area contributed by atoms with Crippen LogP contribution in [0, 0.1) is 0 Å². The van der Waals surface area contributed by atoms with Crippen LogP contribution < -0.4 is 0 Å². The van der Waals surface area contributed by atoms with E-state index in [1.54, 1.807) is 12.4 Å². The summed E-state index contributed by atoms with van der Waals surface area (Å²) in [6, 6.07) is 1.96. The molecule has 0 unspecified atom stereocenters. The van der Waals surface area contributed by atoms with Crippen molar-refractivity contribution in [1.82, 2.24) is 14.5 Å². The highest BCUT2D eigenvalue weighted by molar-refractivity contribution is 5.74. The van der Waals surface area contributed by atoms with E-state index in [2.05, 4.69) is 21.5 Å². The topological polar surface area (TPSA) is 68.0 Å². The van der Waals surface area contributed by atoms with Crippen molar-refractivity contribution in [3.8, 4) is 0 Å². The van der Waals surface area contributed by atoms with E-state index in [1.165, 1.54) is 0 Å². The van der Waals surface area contributed by atoms with Crippen LogP contribution in [0.15, 0.2) is 18.5 Å². The lowest BCUT2D eigenvalue weighted by Gasteiger charge is -2.06. The summed E-state index contributed by atoms with van der Waals surface area (Å²) in [5.41, 5.74) is 1.97. The van der Waals surface area contributed by atoms with Crippen LogP contribution in [0.2, 0.25) is 0 Å². The van der Waals surface area contributed by atoms with Crippen molar-refractivity contribution >= 4 is 17.0 Å². The SMILES string of the molecule is CCCn1c(CCCC(=O)O)nc2cnccc21. The molecule has 0 saturated carbocycles. The van der Waals surface area contributed by atoms with Crippen LogP contribution in [0.4, 0.5) is 0 Å².